The second kappa shape index (κ2) is 9.50. The number of rotatable bonds is 3. The Labute approximate surface area is 275 Å². The molecule has 0 aliphatic carbocycles. The number of aromatic nitrogens is 4. The van der Waals surface area contributed by atoms with Gasteiger partial charge in [-0.2, -0.15) is 0 Å². The first kappa shape index (κ1) is 25.6. The van der Waals surface area contributed by atoms with Crippen molar-refractivity contribution in [3.63, 3.8) is 0 Å². The minimum absolute atomic E-state index is 0.896. The molecule has 11 rings (SSSR count). The third-order valence-corrected chi connectivity index (χ3v) is 10.0. The molecule has 0 amide bonds. The SMILES string of the molecule is c1ccc(-c2ccc3c4cc(-c5ccc6c(c5)c5ccccc5n6-c5ccccc5)cc5c6nc7ccccc7nc6n(c3c2)c45)cc1. The molecule has 0 N–H and O–H groups in total. The summed E-state index contributed by atoms with van der Waals surface area (Å²) in [7, 11) is 0. The molecule has 222 valence electrons. The second-order valence-corrected chi connectivity index (χ2v) is 12.7. The van der Waals surface area contributed by atoms with Gasteiger partial charge in [-0.1, -0.05) is 97.1 Å². The monoisotopic (exact) mass is 610 g/mol. The number of hydrogen-bond acceptors (Lipinski definition) is 2. The van der Waals surface area contributed by atoms with E-state index >= 15 is 0 Å². The van der Waals surface area contributed by atoms with Gasteiger partial charge in [0.1, 0.15) is 5.52 Å². The molecule has 4 nitrogen and oxygen atoms in total. The molecular weight excluding hydrogens is 585 g/mol. The fourth-order valence-electron chi connectivity index (χ4n) is 7.86. The van der Waals surface area contributed by atoms with Gasteiger partial charge in [-0.05, 0) is 82.9 Å². The van der Waals surface area contributed by atoms with Gasteiger partial charge in [0, 0.05) is 32.6 Å². The van der Waals surface area contributed by atoms with Crippen LogP contribution in [0.1, 0.15) is 0 Å². The van der Waals surface area contributed by atoms with Crippen LogP contribution in [-0.4, -0.2) is 18.9 Å². The Hall–Kier alpha value is -6.52. The van der Waals surface area contributed by atoms with Gasteiger partial charge in [0.05, 0.1) is 33.1 Å². The second-order valence-electron chi connectivity index (χ2n) is 12.7. The predicted molar refractivity (Wildman–Crippen MR) is 199 cm³/mol. The van der Waals surface area contributed by atoms with E-state index in [2.05, 4.69) is 155 Å². The zero-order valence-corrected chi connectivity index (χ0v) is 25.8. The van der Waals surface area contributed by atoms with E-state index in [9.17, 15) is 0 Å². The molecule has 0 saturated carbocycles. The minimum Gasteiger partial charge on any atom is -0.309 e. The molecular formula is C44H26N4. The fraction of sp³-hybridized carbons (Fsp3) is 0. The van der Waals surface area contributed by atoms with Crippen molar-refractivity contribution in [2.45, 2.75) is 0 Å². The third kappa shape index (κ3) is 3.49. The minimum atomic E-state index is 0.896. The quantitative estimate of drug-likeness (QED) is 0.199. The summed E-state index contributed by atoms with van der Waals surface area (Å²) in [5.41, 5.74) is 14.3. The smallest absolute Gasteiger partial charge is 0.165 e. The zero-order valence-electron chi connectivity index (χ0n) is 25.8. The van der Waals surface area contributed by atoms with Crippen LogP contribution in [0.3, 0.4) is 0 Å². The van der Waals surface area contributed by atoms with Crippen LogP contribution in [0.4, 0.5) is 0 Å². The van der Waals surface area contributed by atoms with Crippen LogP contribution >= 0.6 is 0 Å². The van der Waals surface area contributed by atoms with Gasteiger partial charge in [0.2, 0.25) is 0 Å². The van der Waals surface area contributed by atoms with Gasteiger partial charge in [-0.15, -0.1) is 0 Å². The molecule has 4 heteroatoms. The molecule has 0 radical (unpaired) electrons. The van der Waals surface area contributed by atoms with Crippen LogP contribution in [0, 0.1) is 0 Å². The van der Waals surface area contributed by atoms with Gasteiger partial charge in [-0.25, -0.2) is 9.97 Å². The van der Waals surface area contributed by atoms with E-state index in [-0.39, 0.29) is 0 Å². The molecule has 0 spiro atoms. The molecule has 0 aliphatic rings. The van der Waals surface area contributed by atoms with Gasteiger partial charge in [-0.3, -0.25) is 4.40 Å². The summed E-state index contributed by atoms with van der Waals surface area (Å²) in [4.78, 5) is 10.5. The lowest BCUT2D eigenvalue weighted by Gasteiger charge is -2.08. The van der Waals surface area contributed by atoms with E-state index in [0.717, 1.165) is 38.8 Å². The number of fused-ring (bicyclic) bond motifs is 10. The first-order valence-electron chi connectivity index (χ1n) is 16.3. The Morgan fingerprint density at radius 1 is 0.375 bits per heavy atom. The standard InChI is InChI=1S/C44H26N4/c1-3-11-27(12-4-1)29-19-21-33-35-24-30(25-36-42-44(48(43(35)36)41(33)26-29)46-38-17-9-8-16-37(38)45-42)28-20-22-40-34(23-28)32-15-7-10-18-39(32)47(40)31-13-5-2-6-14-31/h1-26H. The maximum atomic E-state index is 5.23. The highest BCUT2D eigenvalue weighted by Gasteiger charge is 2.22. The van der Waals surface area contributed by atoms with E-state index < -0.39 is 0 Å². The largest absolute Gasteiger partial charge is 0.309 e. The molecule has 0 atom stereocenters. The maximum absolute atomic E-state index is 5.23. The Morgan fingerprint density at radius 2 is 1.00 bits per heavy atom. The predicted octanol–water partition coefficient (Wildman–Crippen LogP) is 11.2. The third-order valence-electron chi connectivity index (χ3n) is 10.0. The Morgan fingerprint density at radius 3 is 1.85 bits per heavy atom. The molecule has 0 aliphatic heterocycles. The van der Waals surface area contributed by atoms with Crippen molar-refractivity contribution in [2.24, 2.45) is 0 Å². The van der Waals surface area contributed by atoms with Crippen molar-refractivity contribution in [3.05, 3.63) is 158 Å². The van der Waals surface area contributed by atoms with Crippen LogP contribution in [0.15, 0.2) is 158 Å². The van der Waals surface area contributed by atoms with Crippen LogP contribution < -0.4 is 0 Å². The average Bonchev–Trinajstić information content (AvgIpc) is 3.78. The van der Waals surface area contributed by atoms with E-state index in [4.69, 9.17) is 9.97 Å². The summed E-state index contributed by atoms with van der Waals surface area (Å²) in [6, 6.07) is 56.5. The highest BCUT2D eigenvalue weighted by atomic mass is 15.0. The summed E-state index contributed by atoms with van der Waals surface area (Å²) in [6.45, 7) is 0. The van der Waals surface area contributed by atoms with E-state index in [1.54, 1.807) is 0 Å². The van der Waals surface area contributed by atoms with Crippen LogP contribution in [0.5, 0.6) is 0 Å². The van der Waals surface area contributed by atoms with Gasteiger partial charge in [0.15, 0.2) is 5.65 Å². The summed E-state index contributed by atoms with van der Waals surface area (Å²) in [5.74, 6) is 0. The Balaban J connectivity index is 1.23. The van der Waals surface area contributed by atoms with Crippen LogP contribution in [-0.2, 0) is 0 Å². The number of nitrogens with zero attached hydrogens (tertiary/aromatic N) is 4. The van der Waals surface area contributed by atoms with Gasteiger partial charge in [0.25, 0.3) is 0 Å². The van der Waals surface area contributed by atoms with Crippen molar-refractivity contribution in [3.8, 4) is 27.9 Å². The summed E-state index contributed by atoms with van der Waals surface area (Å²) in [5, 5.41) is 6.05. The number of para-hydroxylation sites is 4. The highest BCUT2D eigenvalue weighted by molar-refractivity contribution is 6.24. The van der Waals surface area contributed by atoms with Gasteiger partial charge >= 0.3 is 0 Å². The molecule has 11 aromatic rings. The van der Waals surface area contributed by atoms with Crippen molar-refractivity contribution in [1.29, 1.82) is 0 Å². The van der Waals surface area contributed by atoms with E-state index in [1.807, 2.05) is 12.1 Å². The normalized spacial score (nSPS) is 12.2. The van der Waals surface area contributed by atoms with Crippen molar-refractivity contribution in [2.75, 3.05) is 0 Å². The molecule has 4 aromatic heterocycles. The molecule has 4 heterocycles. The van der Waals surface area contributed by atoms with E-state index in [1.165, 1.54) is 60.3 Å². The molecule has 0 unspecified atom stereocenters. The number of benzene rings is 7. The lowest BCUT2D eigenvalue weighted by Crippen LogP contribution is -1.92. The average molecular weight is 611 g/mol. The molecule has 7 aromatic carbocycles. The van der Waals surface area contributed by atoms with Crippen LogP contribution in [0.2, 0.25) is 0 Å². The first-order valence-corrected chi connectivity index (χ1v) is 16.3. The zero-order chi connectivity index (χ0) is 31.3. The number of hydrogen-bond donors (Lipinski definition) is 0. The summed E-state index contributed by atoms with van der Waals surface area (Å²) >= 11 is 0. The summed E-state index contributed by atoms with van der Waals surface area (Å²) < 4.78 is 4.70. The Bertz CT molecular complexity index is 3040. The molecule has 48 heavy (non-hydrogen) atoms. The topological polar surface area (TPSA) is 35.1 Å². The van der Waals surface area contributed by atoms with E-state index in [0.29, 0.717) is 0 Å². The maximum Gasteiger partial charge on any atom is 0.165 e. The van der Waals surface area contributed by atoms with Crippen molar-refractivity contribution < 1.29 is 0 Å². The fourth-order valence-corrected chi connectivity index (χ4v) is 7.86. The summed E-state index contributed by atoms with van der Waals surface area (Å²) in [6.07, 6.45) is 0. The first-order chi connectivity index (χ1) is 23.8. The lowest BCUT2D eigenvalue weighted by molar-refractivity contribution is 1.18. The Kier molecular flexibility index (Phi) is 5.08. The molecule has 0 saturated heterocycles. The molecule has 0 bridgehead atoms. The highest BCUT2D eigenvalue weighted by Crippen LogP contribution is 2.43. The molecule has 0 fully saturated rings. The lowest BCUT2D eigenvalue weighted by atomic mass is 9.98. The van der Waals surface area contributed by atoms with Crippen LogP contribution in [0.25, 0.3) is 99.1 Å². The van der Waals surface area contributed by atoms with Crippen molar-refractivity contribution in [1.82, 2.24) is 18.9 Å². The van der Waals surface area contributed by atoms with Crippen molar-refractivity contribution >= 4 is 71.2 Å². The van der Waals surface area contributed by atoms with Gasteiger partial charge < -0.3 is 4.57 Å².